The molecule has 0 saturated carbocycles. The van der Waals surface area contributed by atoms with Crippen LogP contribution >= 0.6 is 0 Å². The first kappa shape index (κ1) is 22.5. The number of hydrogen-bond donors (Lipinski definition) is 2. The molecule has 0 radical (unpaired) electrons. The average molecular weight is 431 g/mol. The van der Waals surface area contributed by atoms with Gasteiger partial charge in [-0.3, -0.25) is 14.9 Å². The Labute approximate surface area is 172 Å². The molecule has 0 unspecified atom stereocenters. The van der Waals surface area contributed by atoms with E-state index in [0.717, 1.165) is 0 Å². The minimum atomic E-state index is -3.80. The van der Waals surface area contributed by atoms with Gasteiger partial charge < -0.3 is 10.1 Å². The number of benzene rings is 2. The van der Waals surface area contributed by atoms with Crippen LogP contribution in [0.1, 0.15) is 15.9 Å². The van der Waals surface area contributed by atoms with E-state index in [-0.39, 0.29) is 28.4 Å². The molecule has 11 heteroatoms. The van der Waals surface area contributed by atoms with Crippen LogP contribution in [-0.2, 0) is 19.6 Å². The van der Waals surface area contributed by atoms with Crippen LogP contribution in [0.25, 0.3) is 0 Å². The lowest BCUT2D eigenvalue weighted by molar-refractivity contribution is -0.384. The number of nitro groups is 1. The van der Waals surface area contributed by atoms with Crippen molar-refractivity contribution in [1.29, 1.82) is 0 Å². The zero-order chi connectivity index (χ0) is 22.3. The van der Waals surface area contributed by atoms with Crippen LogP contribution in [0.4, 0.5) is 11.4 Å². The van der Waals surface area contributed by atoms with Crippen LogP contribution in [-0.4, -0.2) is 38.4 Å². The molecule has 156 valence electrons. The van der Waals surface area contributed by atoms with Gasteiger partial charge in [-0.2, -0.15) is 4.72 Å². The largest absolute Gasteiger partial charge is 0.452 e. The van der Waals surface area contributed by atoms with Crippen LogP contribution in [0.3, 0.4) is 0 Å². The number of nitro benzene ring substituents is 1. The Morgan fingerprint density at radius 2 is 1.87 bits per heavy atom. The van der Waals surface area contributed by atoms with Crippen LogP contribution < -0.4 is 10.0 Å². The van der Waals surface area contributed by atoms with Crippen molar-refractivity contribution in [3.05, 3.63) is 63.7 Å². The van der Waals surface area contributed by atoms with E-state index >= 15 is 0 Å². The second-order valence-corrected chi connectivity index (χ2v) is 7.67. The molecule has 0 heterocycles. The van der Waals surface area contributed by atoms with E-state index in [1.807, 2.05) is 0 Å². The SMILES string of the molecule is C#CCNS(=O)(=O)c1ccc(C(=O)OCC(=O)Nc2c(C)cccc2[N+](=O)[O-])cc1. The molecule has 0 aromatic heterocycles. The van der Waals surface area contributed by atoms with Crippen LogP contribution in [0, 0.1) is 29.4 Å². The molecular weight excluding hydrogens is 414 g/mol. The molecule has 2 N–H and O–H groups in total. The van der Waals surface area contributed by atoms with E-state index in [2.05, 4.69) is 16.0 Å². The molecule has 10 nitrogen and oxygen atoms in total. The first-order chi connectivity index (χ1) is 14.2. The number of anilines is 1. The summed E-state index contributed by atoms with van der Waals surface area (Å²) in [4.78, 5) is 34.5. The fourth-order valence-corrected chi connectivity index (χ4v) is 3.28. The third kappa shape index (κ3) is 5.63. The highest BCUT2D eigenvalue weighted by atomic mass is 32.2. The second kappa shape index (κ2) is 9.64. The first-order valence-corrected chi connectivity index (χ1v) is 9.88. The first-order valence-electron chi connectivity index (χ1n) is 8.40. The van der Waals surface area contributed by atoms with Gasteiger partial charge in [0.1, 0.15) is 5.69 Å². The number of amides is 1. The summed E-state index contributed by atoms with van der Waals surface area (Å²) >= 11 is 0. The molecule has 2 rings (SSSR count). The van der Waals surface area contributed by atoms with Crippen molar-refractivity contribution in [1.82, 2.24) is 4.72 Å². The molecule has 0 aliphatic carbocycles. The molecular formula is C19H17N3O7S. The number of nitrogens with one attached hydrogen (secondary N) is 2. The monoisotopic (exact) mass is 431 g/mol. The maximum absolute atomic E-state index is 12.1. The van der Waals surface area contributed by atoms with Crippen molar-refractivity contribution in [3.8, 4) is 12.3 Å². The van der Waals surface area contributed by atoms with Crippen molar-refractivity contribution in [2.24, 2.45) is 0 Å². The van der Waals surface area contributed by atoms with Gasteiger partial charge in [-0.15, -0.1) is 6.42 Å². The summed E-state index contributed by atoms with van der Waals surface area (Å²) in [6, 6.07) is 9.12. The number of rotatable bonds is 8. The van der Waals surface area contributed by atoms with Gasteiger partial charge in [0.05, 0.1) is 21.9 Å². The number of esters is 1. The smallest absolute Gasteiger partial charge is 0.338 e. The molecule has 2 aromatic rings. The summed E-state index contributed by atoms with van der Waals surface area (Å²) in [6.45, 7) is 0.719. The molecule has 0 spiro atoms. The van der Waals surface area contributed by atoms with Gasteiger partial charge in [0, 0.05) is 6.07 Å². The standard InChI is InChI=1S/C19H17N3O7S/c1-3-11-20-30(27,28)15-9-7-14(8-10-15)19(24)29-12-17(23)21-18-13(2)5-4-6-16(18)22(25)26/h1,4-10,20H,11-12H2,2H3,(H,21,23). The van der Waals surface area contributed by atoms with Crippen molar-refractivity contribution in [2.75, 3.05) is 18.5 Å². The predicted octanol–water partition coefficient (Wildman–Crippen LogP) is 1.61. The van der Waals surface area contributed by atoms with Crippen LogP contribution in [0.5, 0.6) is 0 Å². The van der Waals surface area contributed by atoms with E-state index in [0.29, 0.717) is 5.56 Å². The van der Waals surface area contributed by atoms with Gasteiger partial charge in [-0.1, -0.05) is 18.1 Å². The lowest BCUT2D eigenvalue weighted by atomic mass is 10.1. The van der Waals surface area contributed by atoms with E-state index in [1.54, 1.807) is 13.0 Å². The van der Waals surface area contributed by atoms with E-state index in [1.165, 1.54) is 36.4 Å². The van der Waals surface area contributed by atoms with Gasteiger partial charge >= 0.3 is 5.97 Å². The highest BCUT2D eigenvalue weighted by Gasteiger charge is 2.19. The van der Waals surface area contributed by atoms with Gasteiger partial charge in [-0.05, 0) is 36.8 Å². The summed E-state index contributed by atoms with van der Waals surface area (Å²) in [5.41, 5.74) is 0.210. The third-order valence-corrected chi connectivity index (χ3v) is 5.23. The Kier molecular flexibility index (Phi) is 7.24. The minimum absolute atomic E-state index is 0.0116. The number of hydrogen-bond acceptors (Lipinski definition) is 7. The number of carbonyl (C=O) groups excluding carboxylic acids is 2. The lowest BCUT2D eigenvalue weighted by Crippen LogP contribution is -2.24. The Bertz CT molecular complexity index is 1120. The number of nitrogens with zero attached hydrogens (tertiary/aromatic N) is 1. The Balaban J connectivity index is 2.00. The van der Waals surface area contributed by atoms with Crippen molar-refractivity contribution in [3.63, 3.8) is 0 Å². The maximum atomic E-state index is 12.1. The minimum Gasteiger partial charge on any atom is -0.452 e. The summed E-state index contributed by atoms with van der Waals surface area (Å²) in [5.74, 6) is 0.506. The molecule has 0 aliphatic rings. The summed E-state index contributed by atoms with van der Waals surface area (Å²) in [7, 11) is -3.80. The molecule has 1 amide bonds. The normalized spacial score (nSPS) is 10.7. The molecule has 0 fully saturated rings. The number of aryl methyl sites for hydroxylation is 1. The third-order valence-electron chi connectivity index (χ3n) is 3.81. The molecule has 0 saturated heterocycles. The fraction of sp³-hybridized carbons (Fsp3) is 0.158. The maximum Gasteiger partial charge on any atom is 0.338 e. The number of ether oxygens (including phenoxy) is 1. The summed E-state index contributed by atoms with van der Waals surface area (Å²) in [5, 5.41) is 13.4. The van der Waals surface area contributed by atoms with Gasteiger partial charge in [-0.25, -0.2) is 13.2 Å². The fourth-order valence-electron chi connectivity index (χ4n) is 2.35. The molecule has 0 atom stereocenters. The summed E-state index contributed by atoms with van der Waals surface area (Å²) < 4.78 is 30.9. The van der Waals surface area contributed by atoms with Gasteiger partial charge in [0.15, 0.2) is 6.61 Å². The van der Waals surface area contributed by atoms with Crippen LogP contribution in [0.15, 0.2) is 47.4 Å². The molecule has 30 heavy (non-hydrogen) atoms. The van der Waals surface area contributed by atoms with Gasteiger partial charge in [0.2, 0.25) is 10.0 Å². The molecule has 0 bridgehead atoms. The zero-order valence-corrected chi connectivity index (χ0v) is 16.6. The van der Waals surface area contributed by atoms with E-state index < -0.39 is 33.4 Å². The second-order valence-electron chi connectivity index (χ2n) is 5.90. The quantitative estimate of drug-likeness (QED) is 0.279. The lowest BCUT2D eigenvalue weighted by Gasteiger charge is -2.10. The van der Waals surface area contributed by atoms with E-state index in [9.17, 15) is 28.1 Å². The summed E-state index contributed by atoms with van der Waals surface area (Å²) in [6.07, 6.45) is 5.01. The Hall–Kier alpha value is -3.75. The van der Waals surface area contributed by atoms with Crippen molar-refractivity contribution in [2.45, 2.75) is 11.8 Å². The highest BCUT2D eigenvalue weighted by Crippen LogP contribution is 2.27. The number of terminal acetylenes is 1. The Morgan fingerprint density at radius 3 is 2.47 bits per heavy atom. The number of sulfonamides is 1. The topological polar surface area (TPSA) is 145 Å². The van der Waals surface area contributed by atoms with Crippen LogP contribution in [0.2, 0.25) is 0 Å². The number of para-hydroxylation sites is 1. The number of carbonyl (C=O) groups is 2. The van der Waals surface area contributed by atoms with E-state index in [4.69, 9.17) is 11.2 Å². The Morgan fingerprint density at radius 1 is 1.20 bits per heavy atom. The van der Waals surface area contributed by atoms with Gasteiger partial charge in [0.25, 0.3) is 11.6 Å². The van der Waals surface area contributed by atoms with Crippen molar-refractivity contribution < 1.29 is 27.7 Å². The molecule has 0 aliphatic heterocycles. The zero-order valence-electron chi connectivity index (χ0n) is 15.7. The van der Waals surface area contributed by atoms with Crippen molar-refractivity contribution >= 4 is 33.3 Å². The predicted molar refractivity (Wildman–Crippen MR) is 107 cm³/mol. The average Bonchev–Trinajstić information content (AvgIpc) is 2.72. The highest BCUT2D eigenvalue weighted by molar-refractivity contribution is 7.89. The molecule has 2 aromatic carbocycles.